The van der Waals surface area contributed by atoms with E-state index < -0.39 is 0 Å². The average molecular weight is 579 g/mol. The van der Waals surface area contributed by atoms with Crippen molar-refractivity contribution < 1.29 is 9.84 Å². The second-order valence-corrected chi connectivity index (χ2v) is 11.3. The van der Waals surface area contributed by atoms with Crippen LogP contribution in [0.2, 0.25) is 0 Å². The lowest BCUT2D eigenvalue weighted by Crippen LogP contribution is -2.37. The molecule has 2 fully saturated rings. The molecule has 1 saturated heterocycles. The zero-order valence-corrected chi connectivity index (χ0v) is 23.9. The van der Waals surface area contributed by atoms with E-state index in [2.05, 4.69) is 27.3 Å². The van der Waals surface area contributed by atoms with E-state index in [0.717, 1.165) is 86.3 Å². The third-order valence-corrected chi connectivity index (χ3v) is 8.37. The maximum atomic E-state index is 13.6. The van der Waals surface area contributed by atoms with Crippen molar-refractivity contribution in [3.8, 4) is 11.8 Å². The molecule has 2 aromatic carbocycles. The number of morpholine rings is 1. The van der Waals surface area contributed by atoms with E-state index in [1.165, 1.54) is 0 Å². The van der Waals surface area contributed by atoms with Crippen LogP contribution in [0.5, 0.6) is 5.75 Å². The SMILES string of the molecule is N#Cc1ccc2c(c1)n(Cc1ccc3nc(NCCCN4CCOCC4)n(Cc4ncccc4O)c3c1)c(=O)n2C1CC1. The fourth-order valence-electron chi connectivity index (χ4n) is 5.96. The largest absolute Gasteiger partial charge is 0.506 e. The Morgan fingerprint density at radius 3 is 2.67 bits per heavy atom. The first-order chi connectivity index (χ1) is 21.1. The molecule has 2 N–H and O–H groups in total. The quantitative estimate of drug-likeness (QED) is 0.240. The summed E-state index contributed by atoms with van der Waals surface area (Å²) in [7, 11) is 0. The van der Waals surface area contributed by atoms with Gasteiger partial charge in [0.05, 0.1) is 60.0 Å². The Bertz CT molecular complexity index is 1890. The van der Waals surface area contributed by atoms with Crippen molar-refractivity contribution in [3.05, 3.63) is 82.0 Å². The summed E-state index contributed by atoms with van der Waals surface area (Å²) in [6.07, 6.45) is 4.62. The summed E-state index contributed by atoms with van der Waals surface area (Å²) < 4.78 is 11.1. The second kappa shape index (κ2) is 11.6. The van der Waals surface area contributed by atoms with Crippen molar-refractivity contribution in [2.24, 2.45) is 0 Å². The zero-order chi connectivity index (χ0) is 29.3. The molecule has 0 bridgehead atoms. The molecule has 2 aliphatic rings. The van der Waals surface area contributed by atoms with E-state index in [4.69, 9.17) is 9.72 Å². The number of nitriles is 1. The lowest BCUT2D eigenvalue weighted by atomic mass is 10.1. The van der Waals surface area contributed by atoms with Gasteiger partial charge in [-0.3, -0.25) is 19.0 Å². The topological polar surface area (TPSA) is 126 Å². The predicted molar refractivity (Wildman–Crippen MR) is 163 cm³/mol. The molecule has 5 aromatic rings. The summed E-state index contributed by atoms with van der Waals surface area (Å²) in [4.78, 5) is 25.3. The van der Waals surface area contributed by atoms with Gasteiger partial charge < -0.3 is 19.7 Å². The molecule has 0 atom stereocenters. The second-order valence-electron chi connectivity index (χ2n) is 11.3. The number of hydrogen-bond donors (Lipinski definition) is 2. The molecule has 43 heavy (non-hydrogen) atoms. The maximum absolute atomic E-state index is 13.6. The summed E-state index contributed by atoms with van der Waals surface area (Å²) in [5.41, 5.74) is 5.31. The molecule has 0 radical (unpaired) electrons. The van der Waals surface area contributed by atoms with Crippen LogP contribution in [0, 0.1) is 11.3 Å². The molecule has 11 heteroatoms. The molecule has 0 spiro atoms. The highest BCUT2D eigenvalue weighted by Gasteiger charge is 2.29. The molecular weight excluding hydrogens is 544 g/mol. The number of benzene rings is 2. The maximum Gasteiger partial charge on any atom is 0.329 e. The Labute approximate surface area is 248 Å². The summed E-state index contributed by atoms with van der Waals surface area (Å²) in [6, 6.07) is 17.3. The minimum Gasteiger partial charge on any atom is -0.506 e. The highest BCUT2D eigenvalue weighted by Crippen LogP contribution is 2.36. The molecule has 1 aliphatic heterocycles. The molecule has 3 aromatic heterocycles. The lowest BCUT2D eigenvalue weighted by Gasteiger charge is -2.26. The Kier molecular flexibility index (Phi) is 7.30. The number of aromatic hydroxyl groups is 1. The van der Waals surface area contributed by atoms with Crippen LogP contribution in [0.15, 0.2) is 59.5 Å². The van der Waals surface area contributed by atoms with Crippen LogP contribution < -0.4 is 11.0 Å². The Morgan fingerprint density at radius 1 is 1.02 bits per heavy atom. The Balaban J connectivity index is 1.22. The van der Waals surface area contributed by atoms with Crippen molar-refractivity contribution in [3.63, 3.8) is 0 Å². The van der Waals surface area contributed by atoms with Gasteiger partial charge in [-0.25, -0.2) is 9.78 Å². The molecule has 4 heterocycles. The number of imidazole rings is 2. The van der Waals surface area contributed by atoms with E-state index in [9.17, 15) is 15.2 Å². The zero-order valence-electron chi connectivity index (χ0n) is 23.9. The fraction of sp³-hybridized carbons (Fsp3) is 0.375. The molecule has 1 aliphatic carbocycles. The molecule has 220 valence electrons. The molecule has 0 unspecified atom stereocenters. The van der Waals surface area contributed by atoms with Gasteiger partial charge >= 0.3 is 5.69 Å². The van der Waals surface area contributed by atoms with Crippen LogP contribution in [-0.4, -0.2) is 73.1 Å². The van der Waals surface area contributed by atoms with E-state index in [1.54, 1.807) is 35.0 Å². The van der Waals surface area contributed by atoms with Gasteiger partial charge in [0.25, 0.3) is 0 Å². The van der Waals surface area contributed by atoms with Crippen LogP contribution in [0.3, 0.4) is 0 Å². The average Bonchev–Trinajstić information content (AvgIpc) is 3.76. The summed E-state index contributed by atoms with van der Waals surface area (Å²) >= 11 is 0. The van der Waals surface area contributed by atoms with Gasteiger partial charge in [-0.05, 0) is 73.8 Å². The van der Waals surface area contributed by atoms with E-state index in [-0.39, 0.29) is 17.5 Å². The molecule has 0 amide bonds. The van der Waals surface area contributed by atoms with Crippen molar-refractivity contribution in [1.82, 2.24) is 28.6 Å². The molecule has 7 rings (SSSR count). The minimum absolute atomic E-state index is 0.0535. The minimum atomic E-state index is -0.0535. The highest BCUT2D eigenvalue weighted by atomic mass is 16.5. The van der Waals surface area contributed by atoms with Crippen LogP contribution in [0.4, 0.5) is 5.95 Å². The molecule has 11 nitrogen and oxygen atoms in total. The third-order valence-electron chi connectivity index (χ3n) is 8.37. The number of aromatic nitrogens is 5. The van der Waals surface area contributed by atoms with Gasteiger partial charge in [-0.2, -0.15) is 5.26 Å². The summed E-state index contributed by atoms with van der Waals surface area (Å²) in [5, 5.41) is 23.5. The standard InChI is InChI=1S/C32H34N8O3/c33-19-22-5-9-27-29(17-22)39(32(42)40(27)24-6-7-24)20-23-4-8-25-28(18-23)38(21-26-30(41)3-1-10-34-26)31(36-25)35-11-2-12-37-13-15-43-16-14-37/h1,3-5,8-10,17-18,24,41H,2,6-7,11-16,20-21H2,(H,35,36). The van der Waals surface area contributed by atoms with Crippen molar-refractivity contribution in [2.45, 2.75) is 38.4 Å². The number of pyridine rings is 1. The summed E-state index contributed by atoms with van der Waals surface area (Å²) in [6.45, 7) is 5.92. The van der Waals surface area contributed by atoms with Gasteiger partial charge in [-0.15, -0.1) is 0 Å². The van der Waals surface area contributed by atoms with Crippen molar-refractivity contribution >= 4 is 28.0 Å². The summed E-state index contributed by atoms with van der Waals surface area (Å²) in [5.74, 6) is 0.840. The number of nitrogens with one attached hydrogen (secondary N) is 1. The van der Waals surface area contributed by atoms with E-state index in [0.29, 0.717) is 30.3 Å². The predicted octanol–water partition coefficient (Wildman–Crippen LogP) is 3.69. The number of hydrogen-bond acceptors (Lipinski definition) is 8. The first kappa shape index (κ1) is 27.2. The van der Waals surface area contributed by atoms with Crippen molar-refractivity contribution in [2.75, 3.05) is 44.7 Å². The molecule has 1 saturated carbocycles. The first-order valence-corrected chi connectivity index (χ1v) is 14.9. The van der Waals surface area contributed by atoms with E-state index in [1.807, 2.05) is 27.3 Å². The van der Waals surface area contributed by atoms with Crippen LogP contribution >= 0.6 is 0 Å². The van der Waals surface area contributed by atoms with E-state index >= 15 is 0 Å². The number of fused-ring (bicyclic) bond motifs is 2. The van der Waals surface area contributed by atoms with Gasteiger partial charge in [0, 0.05) is 31.9 Å². The fourth-order valence-corrected chi connectivity index (χ4v) is 5.96. The first-order valence-electron chi connectivity index (χ1n) is 14.9. The van der Waals surface area contributed by atoms with Crippen LogP contribution in [0.25, 0.3) is 22.1 Å². The molecular formula is C32H34N8O3. The van der Waals surface area contributed by atoms with Gasteiger partial charge in [0.2, 0.25) is 5.95 Å². The number of rotatable bonds is 10. The third kappa shape index (κ3) is 5.47. The van der Waals surface area contributed by atoms with Crippen LogP contribution in [0.1, 0.15) is 42.1 Å². The number of ether oxygens (including phenoxy) is 1. The van der Waals surface area contributed by atoms with Gasteiger partial charge in [0.15, 0.2) is 0 Å². The van der Waals surface area contributed by atoms with Gasteiger partial charge in [0.1, 0.15) is 11.4 Å². The van der Waals surface area contributed by atoms with Crippen LogP contribution in [-0.2, 0) is 17.8 Å². The lowest BCUT2D eigenvalue weighted by molar-refractivity contribution is 0.0378. The highest BCUT2D eigenvalue weighted by molar-refractivity contribution is 5.81. The number of nitrogens with zero attached hydrogens (tertiary/aromatic N) is 7. The smallest absolute Gasteiger partial charge is 0.329 e. The van der Waals surface area contributed by atoms with Crippen molar-refractivity contribution in [1.29, 1.82) is 5.26 Å². The Hall–Kier alpha value is -4.66. The van der Waals surface area contributed by atoms with Gasteiger partial charge in [-0.1, -0.05) is 6.07 Å². The monoisotopic (exact) mass is 578 g/mol. The Morgan fingerprint density at radius 2 is 1.88 bits per heavy atom. The number of anilines is 1. The normalized spacial score (nSPS) is 15.7.